The quantitative estimate of drug-likeness (QED) is 0.230. The Morgan fingerprint density at radius 2 is 0.658 bits per heavy atom. The fourth-order valence-electron chi connectivity index (χ4n) is 6.21. The summed E-state index contributed by atoms with van der Waals surface area (Å²) in [6, 6.07) is 12.4. The Labute approximate surface area is 224 Å². The number of hydrogen-bond donors (Lipinski definition) is 0. The van der Waals surface area contributed by atoms with Gasteiger partial charge in [0.2, 0.25) is 0 Å². The minimum Gasteiger partial charge on any atom is -0.343 e. The lowest BCUT2D eigenvalue weighted by Crippen LogP contribution is -2.15. The monoisotopic (exact) mass is 508 g/mol. The maximum atomic E-state index is 14.0. The van der Waals surface area contributed by atoms with Crippen molar-refractivity contribution in [3.05, 3.63) is 79.1 Å². The summed E-state index contributed by atoms with van der Waals surface area (Å²) in [4.78, 5) is 27.9. The van der Waals surface area contributed by atoms with E-state index in [9.17, 15) is 9.59 Å². The van der Waals surface area contributed by atoms with E-state index >= 15 is 0 Å². The van der Waals surface area contributed by atoms with Crippen LogP contribution in [0.4, 0.5) is 0 Å². The first-order valence-corrected chi connectivity index (χ1v) is 13.9. The highest BCUT2D eigenvalue weighted by Gasteiger charge is 2.20. The summed E-state index contributed by atoms with van der Waals surface area (Å²) in [5.74, 6) is 1.35. The van der Waals surface area contributed by atoms with E-state index in [2.05, 4.69) is 88.8 Å². The molecule has 2 heterocycles. The van der Waals surface area contributed by atoms with Gasteiger partial charge in [-0.15, -0.1) is 0 Å². The molecule has 5 aromatic rings. The molecule has 0 saturated heterocycles. The standard InChI is InChI=1S/C34H40N2O2/c1-17(2)21-11-25-29(13-23(21)19(5)6)35(9)31-16-28-32(15-27(31)33(25)37)36(10)30-14-24(20(7)8)22(18(3)4)12-26(30)34(28)38/h11-20H,1-10H3. The molecular formula is C34H40N2O2. The largest absolute Gasteiger partial charge is 0.343 e. The van der Waals surface area contributed by atoms with Crippen LogP contribution in [0.15, 0.2) is 46.0 Å². The minimum atomic E-state index is 0.0257. The van der Waals surface area contributed by atoms with E-state index < -0.39 is 0 Å². The van der Waals surface area contributed by atoms with Gasteiger partial charge in [0.1, 0.15) is 0 Å². The van der Waals surface area contributed by atoms with Crippen molar-refractivity contribution in [2.75, 3.05) is 0 Å². The predicted octanol–water partition coefficient (Wildman–Crippen LogP) is 8.19. The Balaban J connectivity index is 1.96. The Hall–Kier alpha value is -3.40. The maximum Gasteiger partial charge on any atom is 0.197 e. The highest BCUT2D eigenvalue weighted by molar-refractivity contribution is 6.04. The second-order valence-electron chi connectivity index (χ2n) is 12.3. The molecule has 38 heavy (non-hydrogen) atoms. The molecule has 3 aromatic carbocycles. The highest BCUT2D eigenvalue weighted by atomic mass is 16.1. The first-order valence-electron chi connectivity index (χ1n) is 13.9. The lowest BCUT2D eigenvalue weighted by atomic mass is 9.88. The van der Waals surface area contributed by atoms with Crippen LogP contribution in [0.3, 0.4) is 0 Å². The molecule has 0 fully saturated rings. The molecule has 0 aliphatic carbocycles. The zero-order chi connectivity index (χ0) is 27.8. The molecule has 0 aliphatic rings. The molecule has 4 heteroatoms. The smallest absolute Gasteiger partial charge is 0.197 e. The molecule has 0 spiro atoms. The van der Waals surface area contributed by atoms with Crippen LogP contribution in [-0.4, -0.2) is 9.13 Å². The topological polar surface area (TPSA) is 44.0 Å². The molecule has 0 radical (unpaired) electrons. The zero-order valence-corrected chi connectivity index (χ0v) is 24.5. The zero-order valence-electron chi connectivity index (χ0n) is 24.5. The van der Waals surface area contributed by atoms with Gasteiger partial charge in [0.05, 0.1) is 22.1 Å². The van der Waals surface area contributed by atoms with Gasteiger partial charge in [-0.25, -0.2) is 0 Å². The van der Waals surface area contributed by atoms with E-state index in [1.807, 2.05) is 26.2 Å². The summed E-state index contributed by atoms with van der Waals surface area (Å²) in [6.45, 7) is 17.5. The van der Waals surface area contributed by atoms with E-state index in [1.165, 1.54) is 22.3 Å². The van der Waals surface area contributed by atoms with Crippen molar-refractivity contribution in [1.29, 1.82) is 0 Å². The average Bonchev–Trinajstić information content (AvgIpc) is 2.87. The molecule has 2 aromatic heterocycles. The molecule has 4 nitrogen and oxygen atoms in total. The number of hydrogen-bond acceptors (Lipinski definition) is 2. The number of aryl methyl sites for hydroxylation is 2. The van der Waals surface area contributed by atoms with Gasteiger partial charge >= 0.3 is 0 Å². The number of fused-ring (bicyclic) bond motifs is 4. The Kier molecular flexibility index (Phi) is 6.29. The Bertz CT molecular complexity index is 1740. The summed E-state index contributed by atoms with van der Waals surface area (Å²) < 4.78 is 4.18. The number of pyridine rings is 2. The molecule has 198 valence electrons. The van der Waals surface area contributed by atoms with Crippen LogP contribution in [0, 0.1) is 0 Å². The molecule has 0 N–H and O–H groups in total. The average molecular weight is 509 g/mol. The highest BCUT2D eigenvalue weighted by Crippen LogP contribution is 2.34. The molecule has 0 saturated carbocycles. The second kappa shape index (κ2) is 9.11. The Morgan fingerprint density at radius 1 is 0.421 bits per heavy atom. The van der Waals surface area contributed by atoms with Crippen molar-refractivity contribution in [2.24, 2.45) is 14.1 Å². The van der Waals surface area contributed by atoms with E-state index in [0.29, 0.717) is 34.4 Å². The molecule has 5 rings (SSSR count). The SMILES string of the molecule is CC(C)c1cc2c(=O)c3cc4c(cc3n(C)c2cc1C(C)C)c(=O)c1cc(C(C)C)c(C(C)C)cc1n4C. The van der Waals surface area contributed by atoms with Crippen LogP contribution in [0.25, 0.3) is 43.6 Å². The van der Waals surface area contributed by atoms with Gasteiger partial charge in [0.15, 0.2) is 10.9 Å². The normalized spacial score (nSPS) is 12.6. The number of rotatable bonds is 4. The maximum absolute atomic E-state index is 14.0. The van der Waals surface area contributed by atoms with Crippen molar-refractivity contribution in [3.8, 4) is 0 Å². The fraction of sp³-hybridized carbons (Fsp3) is 0.412. The van der Waals surface area contributed by atoms with E-state index in [0.717, 1.165) is 32.8 Å². The van der Waals surface area contributed by atoms with Crippen molar-refractivity contribution in [2.45, 2.75) is 79.1 Å². The van der Waals surface area contributed by atoms with Gasteiger partial charge in [-0.05, 0) is 82.3 Å². The summed E-state index contributed by atoms with van der Waals surface area (Å²) >= 11 is 0. The van der Waals surface area contributed by atoms with Gasteiger partial charge in [0.25, 0.3) is 0 Å². The first-order chi connectivity index (χ1) is 17.8. The summed E-state index contributed by atoms with van der Waals surface area (Å²) in [6.07, 6.45) is 0. The third kappa shape index (κ3) is 3.80. The molecular weight excluding hydrogens is 468 g/mol. The molecule has 0 bridgehead atoms. The number of benzene rings is 3. The summed E-state index contributed by atoms with van der Waals surface area (Å²) in [7, 11) is 4.01. The van der Waals surface area contributed by atoms with Crippen molar-refractivity contribution in [1.82, 2.24) is 9.13 Å². The van der Waals surface area contributed by atoms with Gasteiger partial charge < -0.3 is 9.13 Å². The van der Waals surface area contributed by atoms with Crippen LogP contribution in [0.2, 0.25) is 0 Å². The third-order valence-corrected chi connectivity index (χ3v) is 8.43. The van der Waals surface area contributed by atoms with Crippen molar-refractivity contribution < 1.29 is 0 Å². The second-order valence-corrected chi connectivity index (χ2v) is 12.3. The summed E-state index contributed by atoms with van der Waals surface area (Å²) in [5.41, 5.74) is 8.46. The van der Waals surface area contributed by atoms with E-state index in [-0.39, 0.29) is 10.9 Å². The first kappa shape index (κ1) is 26.2. The van der Waals surface area contributed by atoms with Gasteiger partial charge in [0, 0.05) is 35.6 Å². The molecule has 0 amide bonds. The van der Waals surface area contributed by atoms with Crippen LogP contribution in [0.1, 0.15) is 101 Å². The lowest BCUT2D eigenvalue weighted by Gasteiger charge is -2.21. The Morgan fingerprint density at radius 3 is 0.947 bits per heavy atom. The van der Waals surface area contributed by atoms with Crippen LogP contribution in [-0.2, 0) is 14.1 Å². The van der Waals surface area contributed by atoms with Crippen LogP contribution >= 0.6 is 0 Å². The predicted molar refractivity (Wildman–Crippen MR) is 163 cm³/mol. The van der Waals surface area contributed by atoms with Crippen molar-refractivity contribution in [3.63, 3.8) is 0 Å². The number of nitrogens with zero attached hydrogens (tertiary/aromatic N) is 2. The van der Waals surface area contributed by atoms with Gasteiger partial charge in [-0.2, -0.15) is 0 Å². The van der Waals surface area contributed by atoms with Gasteiger partial charge in [-0.1, -0.05) is 55.4 Å². The van der Waals surface area contributed by atoms with E-state index in [4.69, 9.17) is 0 Å². The third-order valence-electron chi connectivity index (χ3n) is 8.43. The van der Waals surface area contributed by atoms with Crippen LogP contribution in [0.5, 0.6) is 0 Å². The van der Waals surface area contributed by atoms with E-state index in [1.54, 1.807) is 0 Å². The number of aromatic nitrogens is 2. The summed E-state index contributed by atoms with van der Waals surface area (Å²) in [5, 5.41) is 2.78. The molecule has 0 atom stereocenters. The van der Waals surface area contributed by atoms with Crippen LogP contribution < -0.4 is 10.9 Å². The molecule has 0 unspecified atom stereocenters. The lowest BCUT2D eigenvalue weighted by molar-refractivity contribution is 0.791. The fourth-order valence-corrected chi connectivity index (χ4v) is 6.21. The minimum absolute atomic E-state index is 0.0257. The van der Waals surface area contributed by atoms with Crippen molar-refractivity contribution >= 4 is 43.6 Å². The molecule has 0 aliphatic heterocycles. The van der Waals surface area contributed by atoms with Gasteiger partial charge in [-0.3, -0.25) is 9.59 Å².